The third kappa shape index (κ3) is 9.80. The van der Waals surface area contributed by atoms with Gasteiger partial charge in [-0.25, -0.2) is 4.79 Å². The Morgan fingerprint density at radius 1 is 1.04 bits per heavy atom. The van der Waals surface area contributed by atoms with E-state index < -0.39 is 23.4 Å². The number of ether oxygens (including phenoxy) is 6. The maximum absolute atomic E-state index is 13.0. The fourth-order valence-corrected chi connectivity index (χ4v) is 5.76. The fraction of sp³-hybridized carbons (Fsp3) is 0.629. The Balaban J connectivity index is 1.49. The minimum Gasteiger partial charge on any atom is -0.490 e. The molecule has 2 aromatic carbocycles. The van der Waals surface area contributed by atoms with Crippen molar-refractivity contribution in [3.8, 4) is 5.75 Å². The van der Waals surface area contributed by atoms with Gasteiger partial charge in [0.15, 0.2) is 0 Å². The largest absolute Gasteiger partial charge is 0.490 e. The molecule has 0 bridgehead atoms. The molecule has 1 amide bonds. The molecule has 250 valence electrons. The molecular formula is C35H52N2O8. The number of amides is 1. The number of benzene rings is 2. The van der Waals surface area contributed by atoms with Crippen molar-refractivity contribution in [2.75, 3.05) is 71.7 Å². The van der Waals surface area contributed by atoms with Gasteiger partial charge in [0.25, 0.3) is 0 Å². The molecule has 0 aromatic heterocycles. The first-order chi connectivity index (χ1) is 21.5. The lowest BCUT2D eigenvalue weighted by Crippen LogP contribution is -2.56. The van der Waals surface area contributed by atoms with E-state index >= 15 is 0 Å². The fourth-order valence-electron chi connectivity index (χ4n) is 5.76. The standard InChI is InChI=1S/C35H52N2O8/c1-26(22-41-6)23-42-24-27-8-11-29(12-9-27)35(39)14-16-37(33(38)45-34(2,3)4)21-32(35)44-25-28-10-13-31-30(20-28)36(17-19-43-31)15-7-18-40-5/h8-13,20,26,32,39H,7,14-19,21-25H2,1-6H3/t26?,32-,35-/m0/s1. The second-order valence-corrected chi connectivity index (χ2v) is 13.2. The van der Waals surface area contributed by atoms with E-state index in [-0.39, 0.29) is 13.2 Å². The van der Waals surface area contributed by atoms with E-state index in [1.165, 1.54) is 0 Å². The summed E-state index contributed by atoms with van der Waals surface area (Å²) in [4.78, 5) is 17.0. The highest BCUT2D eigenvalue weighted by Gasteiger charge is 2.45. The molecule has 0 radical (unpaired) electrons. The van der Waals surface area contributed by atoms with Crippen LogP contribution in [0.3, 0.4) is 0 Å². The van der Waals surface area contributed by atoms with Crippen LogP contribution in [0.5, 0.6) is 5.75 Å². The molecule has 10 nitrogen and oxygen atoms in total. The maximum atomic E-state index is 13.0. The summed E-state index contributed by atoms with van der Waals surface area (Å²) in [6, 6.07) is 13.9. The van der Waals surface area contributed by atoms with Gasteiger partial charge in [0.05, 0.1) is 45.2 Å². The van der Waals surface area contributed by atoms with Gasteiger partial charge in [0, 0.05) is 46.3 Å². The lowest BCUT2D eigenvalue weighted by atomic mass is 9.81. The van der Waals surface area contributed by atoms with Gasteiger partial charge in [-0.2, -0.15) is 0 Å². The SMILES string of the molecule is COCCCN1CCOc2ccc(CO[C@H]3CN(C(=O)OC(C)(C)C)CC[C@]3(O)c3ccc(COCC(C)COC)cc3)cc21. The second-order valence-electron chi connectivity index (χ2n) is 13.2. The topological polar surface area (TPSA) is 99.2 Å². The Hall–Kier alpha value is -2.89. The highest BCUT2D eigenvalue weighted by Crippen LogP contribution is 2.37. The second kappa shape index (κ2) is 16.1. The Bertz CT molecular complexity index is 1220. The van der Waals surface area contributed by atoms with Gasteiger partial charge < -0.3 is 43.3 Å². The first-order valence-corrected chi connectivity index (χ1v) is 16.0. The number of hydrogen-bond acceptors (Lipinski definition) is 9. The minimum absolute atomic E-state index is 0.199. The van der Waals surface area contributed by atoms with Crippen LogP contribution in [0.2, 0.25) is 0 Å². The summed E-state index contributed by atoms with van der Waals surface area (Å²) < 4.78 is 34.4. The lowest BCUT2D eigenvalue weighted by Gasteiger charge is -2.44. The molecule has 10 heteroatoms. The van der Waals surface area contributed by atoms with Gasteiger partial charge in [0.2, 0.25) is 0 Å². The summed E-state index contributed by atoms with van der Waals surface area (Å²) in [7, 11) is 3.41. The predicted octanol–water partition coefficient (Wildman–Crippen LogP) is 5.13. The summed E-state index contributed by atoms with van der Waals surface area (Å²) in [5.41, 5.74) is 1.83. The number of aliphatic hydroxyl groups is 1. The number of piperidine rings is 1. The number of hydrogen-bond donors (Lipinski definition) is 1. The number of methoxy groups -OCH3 is 2. The quantitative estimate of drug-likeness (QED) is 0.285. The van der Waals surface area contributed by atoms with E-state index in [1.54, 1.807) is 19.1 Å². The molecule has 0 saturated carbocycles. The van der Waals surface area contributed by atoms with Crippen molar-refractivity contribution in [1.82, 2.24) is 4.90 Å². The molecule has 1 saturated heterocycles. The van der Waals surface area contributed by atoms with Crippen LogP contribution in [0, 0.1) is 5.92 Å². The van der Waals surface area contributed by atoms with Crippen LogP contribution in [-0.2, 0) is 42.5 Å². The number of carbonyl (C=O) groups excluding carboxylic acids is 1. The Morgan fingerprint density at radius 3 is 2.51 bits per heavy atom. The molecule has 0 spiro atoms. The normalized spacial score (nSPS) is 20.8. The summed E-state index contributed by atoms with van der Waals surface area (Å²) in [6.07, 6.45) is 0.142. The first kappa shape index (κ1) is 35.0. The molecule has 1 unspecified atom stereocenters. The van der Waals surface area contributed by atoms with Crippen molar-refractivity contribution in [2.45, 2.75) is 71.1 Å². The highest BCUT2D eigenvalue weighted by molar-refractivity contribution is 5.68. The molecule has 2 heterocycles. The zero-order valence-corrected chi connectivity index (χ0v) is 27.9. The van der Waals surface area contributed by atoms with E-state index in [1.807, 2.05) is 57.2 Å². The van der Waals surface area contributed by atoms with Gasteiger partial charge in [0.1, 0.15) is 29.7 Å². The average Bonchev–Trinajstić information content (AvgIpc) is 3.00. The van der Waals surface area contributed by atoms with E-state index in [0.717, 1.165) is 47.6 Å². The van der Waals surface area contributed by atoms with Crippen molar-refractivity contribution in [1.29, 1.82) is 0 Å². The third-order valence-corrected chi connectivity index (χ3v) is 8.12. The molecule has 3 atom stereocenters. The third-order valence-electron chi connectivity index (χ3n) is 8.12. The molecule has 0 aliphatic carbocycles. The highest BCUT2D eigenvalue weighted by atomic mass is 16.6. The summed E-state index contributed by atoms with van der Waals surface area (Å²) >= 11 is 0. The van der Waals surface area contributed by atoms with E-state index in [2.05, 4.69) is 17.9 Å². The molecule has 2 aliphatic rings. The zero-order valence-electron chi connectivity index (χ0n) is 27.9. The van der Waals surface area contributed by atoms with Crippen LogP contribution in [-0.4, -0.2) is 94.6 Å². The molecule has 2 aliphatic heterocycles. The Labute approximate surface area is 268 Å². The Morgan fingerprint density at radius 2 is 1.80 bits per heavy atom. The molecular weight excluding hydrogens is 576 g/mol. The monoisotopic (exact) mass is 628 g/mol. The predicted molar refractivity (Wildman–Crippen MR) is 173 cm³/mol. The van der Waals surface area contributed by atoms with Crippen LogP contribution in [0.25, 0.3) is 0 Å². The smallest absolute Gasteiger partial charge is 0.410 e. The van der Waals surface area contributed by atoms with Crippen LogP contribution in [0.15, 0.2) is 42.5 Å². The van der Waals surface area contributed by atoms with Crippen molar-refractivity contribution < 1.29 is 38.3 Å². The molecule has 1 fully saturated rings. The number of carbonyl (C=O) groups is 1. The molecule has 1 N–H and O–H groups in total. The Kier molecular flexibility index (Phi) is 12.5. The summed E-state index contributed by atoms with van der Waals surface area (Å²) in [5.74, 6) is 1.16. The number of nitrogens with zero attached hydrogens (tertiary/aromatic N) is 2. The lowest BCUT2D eigenvalue weighted by molar-refractivity contribution is -0.154. The minimum atomic E-state index is -1.30. The van der Waals surface area contributed by atoms with Crippen molar-refractivity contribution in [2.24, 2.45) is 5.92 Å². The van der Waals surface area contributed by atoms with E-state index in [9.17, 15) is 9.90 Å². The van der Waals surface area contributed by atoms with Crippen LogP contribution in [0.1, 0.15) is 57.2 Å². The number of fused-ring (bicyclic) bond motifs is 1. The van der Waals surface area contributed by atoms with Gasteiger partial charge in [-0.3, -0.25) is 0 Å². The van der Waals surface area contributed by atoms with E-state index in [0.29, 0.717) is 51.9 Å². The summed E-state index contributed by atoms with van der Waals surface area (Å²) in [6.45, 7) is 13.2. The van der Waals surface area contributed by atoms with Gasteiger partial charge in [-0.05, 0) is 56.0 Å². The van der Waals surface area contributed by atoms with Crippen molar-refractivity contribution in [3.05, 3.63) is 59.2 Å². The summed E-state index contributed by atoms with van der Waals surface area (Å²) in [5, 5.41) is 12.2. The first-order valence-electron chi connectivity index (χ1n) is 16.0. The number of anilines is 1. The average molecular weight is 629 g/mol. The molecule has 45 heavy (non-hydrogen) atoms. The molecule has 4 rings (SSSR count). The van der Waals surface area contributed by atoms with E-state index in [4.69, 9.17) is 28.4 Å². The van der Waals surface area contributed by atoms with Crippen LogP contribution in [0.4, 0.5) is 10.5 Å². The number of likely N-dealkylation sites (tertiary alicyclic amines) is 1. The van der Waals surface area contributed by atoms with Crippen LogP contribution < -0.4 is 9.64 Å². The van der Waals surface area contributed by atoms with Gasteiger partial charge >= 0.3 is 6.09 Å². The molecule has 2 aromatic rings. The van der Waals surface area contributed by atoms with Crippen LogP contribution >= 0.6 is 0 Å². The van der Waals surface area contributed by atoms with Crippen molar-refractivity contribution >= 4 is 11.8 Å². The zero-order chi connectivity index (χ0) is 32.5. The number of rotatable bonds is 14. The maximum Gasteiger partial charge on any atom is 0.410 e. The van der Waals surface area contributed by atoms with Gasteiger partial charge in [-0.1, -0.05) is 37.3 Å². The van der Waals surface area contributed by atoms with Crippen molar-refractivity contribution in [3.63, 3.8) is 0 Å². The van der Waals surface area contributed by atoms with Gasteiger partial charge in [-0.15, -0.1) is 0 Å².